The number of sulfonamides is 1. The summed E-state index contributed by atoms with van der Waals surface area (Å²) in [7, 11) is 0.154. The summed E-state index contributed by atoms with van der Waals surface area (Å²) < 4.78 is 40.3. The van der Waals surface area contributed by atoms with Gasteiger partial charge in [-0.05, 0) is 58.1 Å². The number of benzene rings is 1. The second-order valence-corrected chi connectivity index (χ2v) is 6.74. The van der Waals surface area contributed by atoms with Crippen LogP contribution >= 0.6 is 0 Å². The van der Waals surface area contributed by atoms with E-state index in [1.165, 1.54) is 12.1 Å². The van der Waals surface area contributed by atoms with Crippen LogP contribution in [0.15, 0.2) is 17.0 Å². The molecular formula is C13H21FN2O2S. The predicted molar refractivity (Wildman–Crippen MR) is 74.2 cm³/mol. The molecule has 0 spiro atoms. The number of aryl methyl sites for hydroxylation is 2. The molecule has 0 aliphatic rings. The van der Waals surface area contributed by atoms with Crippen LogP contribution in [0.2, 0.25) is 0 Å². The van der Waals surface area contributed by atoms with Crippen LogP contribution in [0.1, 0.15) is 18.1 Å². The van der Waals surface area contributed by atoms with Gasteiger partial charge in [0.05, 0.1) is 4.90 Å². The van der Waals surface area contributed by atoms with Crippen LogP contribution in [-0.4, -0.2) is 40.0 Å². The highest BCUT2D eigenvalue weighted by atomic mass is 32.2. The monoisotopic (exact) mass is 288 g/mol. The summed E-state index contributed by atoms with van der Waals surface area (Å²) in [5.41, 5.74) is 0.838. The van der Waals surface area contributed by atoms with Crippen LogP contribution in [0.25, 0.3) is 0 Å². The minimum atomic E-state index is -3.61. The lowest BCUT2D eigenvalue weighted by molar-refractivity contribution is 0.314. The first kappa shape index (κ1) is 16.1. The highest BCUT2D eigenvalue weighted by Gasteiger charge is 2.21. The van der Waals surface area contributed by atoms with E-state index in [2.05, 4.69) is 4.72 Å². The molecule has 1 aromatic carbocycles. The molecule has 0 bridgehead atoms. The van der Waals surface area contributed by atoms with Crippen LogP contribution in [0.4, 0.5) is 4.39 Å². The smallest absolute Gasteiger partial charge is 0.241 e. The molecule has 1 atom stereocenters. The Morgan fingerprint density at radius 2 is 1.74 bits per heavy atom. The van der Waals surface area contributed by atoms with Crippen molar-refractivity contribution in [2.75, 3.05) is 20.6 Å². The molecule has 19 heavy (non-hydrogen) atoms. The zero-order valence-electron chi connectivity index (χ0n) is 12.0. The molecule has 0 heterocycles. The lowest BCUT2D eigenvalue weighted by Gasteiger charge is -2.20. The molecule has 1 N–H and O–H groups in total. The Morgan fingerprint density at radius 1 is 1.26 bits per heavy atom. The van der Waals surface area contributed by atoms with Gasteiger partial charge in [-0.2, -0.15) is 0 Å². The van der Waals surface area contributed by atoms with Gasteiger partial charge in [-0.15, -0.1) is 0 Å². The Hall–Kier alpha value is -0.980. The average molecular weight is 288 g/mol. The van der Waals surface area contributed by atoms with E-state index in [4.69, 9.17) is 0 Å². The van der Waals surface area contributed by atoms with Crippen LogP contribution in [0.3, 0.4) is 0 Å². The predicted octanol–water partition coefficient (Wildman–Crippen LogP) is 1.67. The van der Waals surface area contributed by atoms with Gasteiger partial charge in [-0.3, -0.25) is 0 Å². The molecular weight excluding hydrogens is 267 g/mol. The van der Waals surface area contributed by atoms with Gasteiger partial charge >= 0.3 is 0 Å². The molecule has 0 radical (unpaired) electrons. The van der Waals surface area contributed by atoms with Crippen molar-refractivity contribution in [3.8, 4) is 0 Å². The Kier molecular flexibility index (Phi) is 5.06. The maximum atomic E-state index is 13.2. The molecule has 0 aliphatic carbocycles. The van der Waals surface area contributed by atoms with Gasteiger partial charge in [-0.25, -0.2) is 17.5 Å². The van der Waals surface area contributed by atoms with Gasteiger partial charge in [0.15, 0.2) is 0 Å². The van der Waals surface area contributed by atoms with Crippen molar-refractivity contribution in [3.63, 3.8) is 0 Å². The van der Waals surface area contributed by atoms with Gasteiger partial charge in [-0.1, -0.05) is 0 Å². The molecule has 0 aromatic heterocycles. The summed E-state index contributed by atoms with van der Waals surface area (Å²) in [6.45, 7) is 5.43. The minimum absolute atomic E-state index is 0.0795. The number of hydrogen-bond acceptors (Lipinski definition) is 3. The molecule has 1 unspecified atom stereocenters. The van der Waals surface area contributed by atoms with Crippen LogP contribution in [-0.2, 0) is 10.0 Å². The molecule has 4 nitrogen and oxygen atoms in total. The van der Waals surface area contributed by atoms with Gasteiger partial charge in [0.2, 0.25) is 10.0 Å². The topological polar surface area (TPSA) is 49.4 Å². The van der Waals surface area contributed by atoms with Crippen LogP contribution in [0.5, 0.6) is 0 Å². The van der Waals surface area contributed by atoms with Gasteiger partial charge in [0, 0.05) is 12.6 Å². The van der Waals surface area contributed by atoms with Crippen molar-refractivity contribution in [1.82, 2.24) is 9.62 Å². The number of rotatable bonds is 5. The van der Waals surface area contributed by atoms with Gasteiger partial charge in [0.1, 0.15) is 5.82 Å². The lowest BCUT2D eigenvalue weighted by atomic mass is 10.1. The zero-order valence-corrected chi connectivity index (χ0v) is 12.8. The van der Waals surface area contributed by atoms with Crippen LogP contribution in [0, 0.1) is 19.7 Å². The second kappa shape index (κ2) is 5.98. The Morgan fingerprint density at radius 3 is 2.16 bits per heavy atom. The molecule has 0 saturated heterocycles. The molecule has 6 heteroatoms. The fourth-order valence-electron chi connectivity index (χ4n) is 1.81. The fourth-order valence-corrected chi connectivity index (χ4v) is 3.38. The largest absolute Gasteiger partial charge is 0.305 e. The molecule has 0 saturated carbocycles. The molecule has 0 fully saturated rings. The molecule has 1 aromatic rings. The van der Waals surface area contributed by atoms with E-state index in [-0.39, 0.29) is 10.9 Å². The van der Waals surface area contributed by atoms with E-state index in [0.717, 1.165) is 0 Å². The maximum Gasteiger partial charge on any atom is 0.241 e. The van der Waals surface area contributed by atoms with Crippen molar-refractivity contribution in [1.29, 1.82) is 0 Å². The van der Waals surface area contributed by atoms with E-state index >= 15 is 0 Å². The molecule has 108 valence electrons. The third kappa shape index (κ3) is 3.99. The number of nitrogens with zero attached hydrogens (tertiary/aromatic N) is 1. The Labute approximate surface area is 114 Å². The highest BCUT2D eigenvalue weighted by Crippen LogP contribution is 2.21. The van der Waals surface area contributed by atoms with Crippen molar-refractivity contribution in [2.45, 2.75) is 31.7 Å². The quantitative estimate of drug-likeness (QED) is 0.896. The molecule has 1 rings (SSSR count). The summed E-state index contributed by atoms with van der Waals surface area (Å²) in [4.78, 5) is 2.09. The zero-order chi connectivity index (χ0) is 14.8. The van der Waals surface area contributed by atoms with Crippen molar-refractivity contribution < 1.29 is 12.8 Å². The number of hydrogen-bond donors (Lipinski definition) is 1. The van der Waals surface area contributed by atoms with E-state index in [9.17, 15) is 12.8 Å². The highest BCUT2D eigenvalue weighted by molar-refractivity contribution is 7.89. The van der Waals surface area contributed by atoms with E-state index in [1.54, 1.807) is 13.8 Å². The first-order valence-corrected chi connectivity index (χ1v) is 7.56. The minimum Gasteiger partial charge on any atom is -0.305 e. The van der Waals surface area contributed by atoms with Gasteiger partial charge < -0.3 is 4.90 Å². The second-order valence-electron chi connectivity index (χ2n) is 5.03. The Balaban J connectivity index is 3.02. The number of halogens is 1. The van der Waals surface area contributed by atoms with Crippen molar-refractivity contribution in [2.24, 2.45) is 0 Å². The van der Waals surface area contributed by atoms with Gasteiger partial charge in [0.25, 0.3) is 0 Å². The maximum absolute atomic E-state index is 13.2. The summed E-state index contributed by atoms with van der Waals surface area (Å²) in [6.07, 6.45) is 0. The Bertz CT molecular complexity index is 533. The fraction of sp³-hybridized carbons (Fsp3) is 0.538. The van der Waals surface area contributed by atoms with E-state index in [1.807, 2.05) is 25.9 Å². The number of likely N-dealkylation sites (N-methyl/N-ethyl adjacent to an activating group) is 1. The van der Waals surface area contributed by atoms with Crippen LogP contribution < -0.4 is 4.72 Å². The summed E-state index contributed by atoms with van der Waals surface area (Å²) in [5.74, 6) is -0.421. The lowest BCUT2D eigenvalue weighted by Crippen LogP contribution is -2.38. The summed E-state index contributed by atoms with van der Waals surface area (Å²) >= 11 is 0. The van der Waals surface area contributed by atoms with E-state index < -0.39 is 15.8 Å². The normalized spacial score (nSPS) is 13.8. The average Bonchev–Trinajstić information content (AvgIpc) is 2.23. The first-order valence-electron chi connectivity index (χ1n) is 6.08. The summed E-state index contributed by atoms with van der Waals surface area (Å²) in [6, 6.07) is 2.55. The standard InChI is InChI=1S/C13H21FN2O2S/c1-9-6-12(14)7-10(2)13(9)19(17,18)15-8-11(3)16(4)5/h6-7,11,15H,8H2,1-5H3. The van der Waals surface area contributed by atoms with Crippen molar-refractivity contribution in [3.05, 3.63) is 29.1 Å². The third-order valence-electron chi connectivity index (χ3n) is 3.14. The number of nitrogens with one attached hydrogen (secondary N) is 1. The van der Waals surface area contributed by atoms with E-state index in [0.29, 0.717) is 17.7 Å². The molecule has 0 amide bonds. The third-order valence-corrected chi connectivity index (χ3v) is 4.87. The van der Waals surface area contributed by atoms with Crippen molar-refractivity contribution >= 4 is 10.0 Å². The summed E-state index contributed by atoms with van der Waals surface area (Å²) in [5, 5.41) is 0. The molecule has 0 aliphatic heterocycles. The first-order chi connectivity index (χ1) is 8.65. The SMILES string of the molecule is Cc1cc(F)cc(C)c1S(=O)(=O)NCC(C)N(C)C.